The first kappa shape index (κ1) is 14.8. The number of halogens is 3. The normalized spacial score (nSPS) is 10.6. The predicted octanol–water partition coefficient (Wildman–Crippen LogP) is 3.07. The van der Waals surface area contributed by atoms with Crippen molar-refractivity contribution in [2.75, 3.05) is 12.3 Å². The molecular weight excluding hydrogens is 219 g/mol. The number of anilines is 1. The van der Waals surface area contributed by atoms with Gasteiger partial charge in [-0.1, -0.05) is 19.4 Å². The summed E-state index contributed by atoms with van der Waals surface area (Å²) in [6.07, 6.45) is -2.26. The first-order valence-corrected chi connectivity index (χ1v) is 4.95. The van der Waals surface area contributed by atoms with Gasteiger partial charge in [0.05, 0.1) is 5.56 Å². The minimum absolute atomic E-state index is 0.125. The molecule has 0 fully saturated rings. The van der Waals surface area contributed by atoms with Crippen LogP contribution < -0.4 is 5.73 Å². The molecule has 0 unspecified atom stereocenters. The van der Waals surface area contributed by atoms with Gasteiger partial charge in [0, 0.05) is 12.3 Å². The van der Waals surface area contributed by atoms with Crippen LogP contribution in [0.25, 0.3) is 0 Å². The summed E-state index contributed by atoms with van der Waals surface area (Å²) in [6, 6.07) is 4.57. The third kappa shape index (κ3) is 6.29. The highest BCUT2D eigenvalue weighted by Gasteiger charge is 2.30. The second kappa shape index (κ2) is 7.11. The molecule has 1 rings (SSSR count). The van der Waals surface area contributed by atoms with Gasteiger partial charge < -0.3 is 10.8 Å². The van der Waals surface area contributed by atoms with E-state index < -0.39 is 11.7 Å². The maximum atomic E-state index is 11.9. The first-order chi connectivity index (χ1) is 7.41. The first-order valence-electron chi connectivity index (χ1n) is 4.95. The lowest BCUT2D eigenvalue weighted by atomic mass is 10.2. The van der Waals surface area contributed by atoms with Crippen molar-refractivity contribution in [3.05, 3.63) is 29.8 Å². The molecule has 0 radical (unpaired) electrons. The minimum Gasteiger partial charge on any atom is -0.399 e. The van der Waals surface area contributed by atoms with Crippen LogP contribution in [0.4, 0.5) is 18.9 Å². The van der Waals surface area contributed by atoms with Gasteiger partial charge >= 0.3 is 6.18 Å². The van der Waals surface area contributed by atoms with E-state index in [0.717, 1.165) is 25.0 Å². The molecule has 0 heterocycles. The van der Waals surface area contributed by atoms with E-state index in [9.17, 15) is 13.2 Å². The number of hydrogen-bond acceptors (Lipinski definition) is 2. The van der Waals surface area contributed by atoms with E-state index in [0.29, 0.717) is 6.61 Å². The second-order valence-electron chi connectivity index (χ2n) is 3.20. The van der Waals surface area contributed by atoms with Gasteiger partial charge in [-0.05, 0) is 24.6 Å². The van der Waals surface area contributed by atoms with Gasteiger partial charge in [0.2, 0.25) is 0 Å². The summed E-state index contributed by atoms with van der Waals surface area (Å²) in [5.74, 6) is 0. The Morgan fingerprint density at radius 2 is 1.94 bits per heavy atom. The molecular formula is C11H16F3NO. The average Bonchev–Trinajstić information content (AvgIpc) is 2.18. The molecule has 0 saturated heterocycles. The van der Waals surface area contributed by atoms with Crippen LogP contribution in [-0.2, 0) is 6.18 Å². The molecule has 0 spiro atoms. The van der Waals surface area contributed by atoms with E-state index in [1.54, 1.807) is 0 Å². The van der Waals surface area contributed by atoms with Crippen molar-refractivity contribution in [3.8, 4) is 0 Å². The number of aliphatic hydroxyl groups is 1. The topological polar surface area (TPSA) is 46.2 Å². The summed E-state index contributed by atoms with van der Waals surface area (Å²) in [7, 11) is 0. The molecule has 0 aliphatic carbocycles. The molecule has 16 heavy (non-hydrogen) atoms. The van der Waals surface area contributed by atoms with Crippen LogP contribution in [0.3, 0.4) is 0 Å². The van der Waals surface area contributed by atoms with Crippen molar-refractivity contribution in [3.63, 3.8) is 0 Å². The van der Waals surface area contributed by atoms with Crippen molar-refractivity contribution >= 4 is 5.69 Å². The van der Waals surface area contributed by atoms with Crippen LogP contribution in [-0.4, -0.2) is 11.7 Å². The molecule has 0 bridgehead atoms. The lowest BCUT2D eigenvalue weighted by Crippen LogP contribution is -2.04. The van der Waals surface area contributed by atoms with E-state index in [-0.39, 0.29) is 5.69 Å². The van der Waals surface area contributed by atoms with Crippen molar-refractivity contribution in [2.24, 2.45) is 0 Å². The van der Waals surface area contributed by atoms with E-state index in [1.807, 2.05) is 0 Å². The molecule has 0 aliphatic heterocycles. The number of benzene rings is 1. The van der Waals surface area contributed by atoms with Gasteiger partial charge in [-0.2, -0.15) is 13.2 Å². The molecule has 0 amide bonds. The number of nitrogen functional groups attached to an aromatic ring is 1. The van der Waals surface area contributed by atoms with Gasteiger partial charge in [-0.3, -0.25) is 0 Å². The van der Waals surface area contributed by atoms with Gasteiger partial charge in [-0.25, -0.2) is 0 Å². The molecule has 1 aromatic rings. The van der Waals surface area contributed by atoms with Crippen LogP contribution in [0.1, 0.15) is 25.3 Å². The smallest absolute Gasteiger partial charge is 0.399 e. The van der Waals surface area contributed by atoms with Crippen LogP contribution in [0, 0.1) is 0 Å². The second-order valence-corrected chi connectivity index (χ2v) is 3.20. The highest BCUT2D eigenvalue weighted by molar-refractivity contribution is 5.41. The number of aliphatic hydroxyl groups excluding tert-OH is 1. The third-order valence-corrected chi connectivity index (χ3v) is 1.73. The minimum atomic E-state index is -4.30. The average molecular weight is 235 g/mol. The fourth-order valence-corrected chi connectivity index (χ4v) is 0.873. The van der Waals surface area contributed by atoms with Crippen molar-refractivity contribution in [2.45, 2.75) is 25.9 Å². The maximum absolute atomic E-state index is 11.9. The van der Waals surface area contributed by atoms with Crippen LogP contribution in [0.5, 0.6) is 0 Å². The molecule has 0 aliphatic rings. The number of rotatable bonds is 2. The van der Waals surface area contributed by atoms with Gasteiger partial charge in [-0.15, -0.1) is 0 Å². The summed E-state index contributed by atoms with van der Waals surface area (Å²) in [5, 5.41) is 8.07. The molecule has 3 N–H and O–H groups in total. The molecule has 1 aromatic carbocycles. The monoisotopic (exact) mass is 235 g/mol. The Kier molecular flexibility index (Phi) is 6.56. The van der Waals surface area contributed by atoms with E-state index in [4.69, 9.17) is 10.8 Å². The Morgan fingerprint density at radius 3 is 2.19 bits per heavy atom. The van der Waals surface area contributed by atoms with Crippen molar-refractivity contribution in [1.29, 1.82) is 0 Å². The quantitative estimate of drug-likeness (QED) is 0.774. The summed E-state index contributed by atoms with van der Waals surface area (Å²) in [6.45, 7) is 2.40. The van der Waals surface area contributed by atoms with Crippen molar-refractivity contribution in [1.82, 2.24) is 0 Å². The molecule has 5 heteroatoms. The van der Waals surface area contributed by atoms with Gasteiger partial charge in [0.25, 0.3) is 0 Å². The Hall–Kier alpha value is -1.23. The number of alkyl halides is 3. The lowest BCUT2D eigenvalue weighted by molar-refractivity contribution is -0.137. The lowest BCUT2D eigenvalue weighted by Gasteiger charge is -2.05. The van der Waals surface area contributed by atoms with E-state index in [1.165, 1.54) is 12.1 Å². The molecule has 0 atom stereocenters. The summed E-state index contributed by atoms with van der Waals surface area (Å²) in [5.41, 5.74) is 4.57. The fourth-order valence-electron chi connectivity index (χ4n) is 0.873. The zero-order chi connectivity index (χ0) is 12.6. The van der Waals surface area contributed by atoms with Crippen LogP contribution in [0.15, 0.2) is 24.3 Å². The summed E-state index contributed by atoms with van der Waals surface area (Å²) >= 11 is 0. The van der Waals surface area contributed by atoms with Crippen molar-refractivity contribution < 1.29 is 18.3 Å². The number of unbranched alkanes of at least 4 members (excludes halogenated alkanes) is 1. The standard InChI is InChI=1S/C7H6F3N.C4H10O/c8-7(9,10)5-2-1-3-6(11)4-5;1-2-3-4-5/h1-4H,11H2;5H,2-4H2,1H3. The molecule has 0 aromatic heterocycles. The SMILES string of the molecule is CCCCO.Nc1cccc(C(F)(F)F)c1. The Morgan fingerprint density at radius 1 is 1.31 bits per heavy atom. The summed E-state index contributed by atoms with van der Waals surface area (Å²) < 4.78 is 35.7. The zero-order valence-corrected chi connectivity index (χ0v) is 9.09. The zero-order valence-electron chi connectivity index (χ0n) is 9.09. The molecule has 2 nitrogen and oxygen atoms in total. The Bertz CT molecular complexity index is 298. The van der Waals surface area contributed by atoms with Gasteiger partial charge in [0.15, 0.2) is 0 Å². The number of nitrogens with two attached hydrogens (primary N) is 1. The maximum Gasteiger partial charge on any atom is 0.416 e. The third-order valence-electron chi connectivity index (χ3n) is 1.73. The Labute approximate surface area is 92.9 Å². The van der Waals surface area contributed by atoms with E-state index in [2.05, 4.69) is 6.92 Å². The van der Waals surface area contributed by atoms with Crippen LogP contribution in [0.2, 0.25) is 0 Å². The molecule has 92 valence electrons. The van der Waals surface area contributed by atoms with E-state index >= 15 is 0 Å². The predicted molar refractivity (Wildman–Crippen MR) is 57.9 cm³/mol. The molecule has 0 saturated carbocycles. The van der Waals surface area contributed by atoms with Gasteiger partial charge in [0.1, 0.15) is 0 Å². The highest BCUT2D eigenvalue weighted by Crippen LogP contribution is 2.29. The van der Waals surface area contributed by atoms with Crippen LogP contribution >= 0.6 is 0 Å². The number of hydrogen-bond donors (Lipinski definition) is 2. The largest absolute Gasteiger partial charge is 0.416 e. The fraction of sp³-hybridized carbons (Fsp3) is 0.455. The Balaban J connectivity index is 0.000000385. The summed E-state index contributed by atoms with van der Waals surface area (Å²) in [4.78, 5) is 0. The highest BCUT2D eigenvalue weighted by atomic mass is 19.4.